The van der Waals surface area contributed by atoms with E-state index in [2.05, 4.69) is 27.8 Å². The molecular weight excluding hydrogens is 350 g/mol. The summed E-state index contributed by atoms with van der Waals surface area (Å²) in [5, 5.41) is 0. The van der Waals surface area contributed by atoms with Crippen LogP contribution in [0.4, 0.5) is 5.82 Å². The van der Waals surface area contributed by atoms with Crippen molar-refractivity contribution in [3.63, 3.8) is 0 Å². The van der Waals surface area contributed by atoms with E-state index in [1.54, 1.807) is 11.6 Å². The smallest absolute Gasteiger partial charge is 0.253 e. The second kappa shape index (κ2) is 6.96. The van der Waals surface area contributed by atoms with Crippen molar-refractivity contribution in [2.75, 3.05) is 19.0 Å². The Kier molecular flexibility index (Phi) is 4.47. The first-order chi connectivity index (χ1) is 13.4. The Bertz CT molecular complexity index is 1180. The fourth-order valence-corrected chi connectivity index (χ4v) is 3.41. The van der Waals surface area contributed by atoms with Crippen LogP contribution in [0.25, 0.3) is 22.4 Å². The minimum absolute atomic E-state index is 0.00558. The number of benzene rings is 1. The van der Waals surface area contributed by atoms with Crippen LogP contribution < -0.4 is 10.5 Å². The van der Waals surface area contributed by atoms with Crippen LogP contribution in [0.15, 0.2) is 59.7 Å². The predicted octanol–water partition coefficient (Wildman–Crippen LogP) is 3.22. The van der Waals surface area contributed by atoms with Crippen LogP contribution in [-0.4, -0.2) is 33.2 Å². The molecule has 0 spiro atoms. The van der Waals surface area contributed by atoms with Crippen LogP contribution >= 0.6 is 0 Å². The summed E-state index contributed by atoms with van der Waals surface area (Å²) in [5.41, 5.74) is 4.66. The van der Waals surface area contributed by atoms with Crippen LogP contribution in [0.3, 0.4) is 0 Å². The molecule has 0 saturated carbocycles. The average Bonchev–Trinajstić information content (AvgIpc) is 3.04. The quantitative estimate of drug-likeness (QED) is 0.551. The van der Waals surface area contributed by atoms with E-state index in [1.807, 2.05) is 62.6 Å². The summed E-state index contributed by atoms with van der Waals surface area (Å²) >= 11 is 0. The fourth-order valence-electron chi connectivity index (χ4n) is 3.41. The molecule has 0 bridgehead atoms. The van der Waals surface area contributed by atoms with Gasteiger partial charge in [-0.25, -0.2) is 9.97 Å². The Labute approximate surface area is 163 Å². The van der Waals surface area contributed by atoms with Gasteiger partial charge >= 0.3 is 0 Å². The highest BCUT2D eigenvalue weighted by Crippen LogP contribution is 2.27. The molecule has 3 aromatic heterocycles. The van der Waals surface area contributed by atoms with Crippen LogP contribution in [0.2, 0.25) is 0 Å². The molecule has 1 aromatic carbocycles. The molecule has 3 heterocycles. The van der Waals surface area contributed by atoms with Crippen molar-refractivity contribution in [2.24, 2.45) is 7.05 Å². The van der Waals surface area contributed by atoms with Gasteiger partial charge in [0.25, 0.3) is 5.56 Å². The maximum atomic E-state index is 12.1. The normalized spacial score (nSPS) is 11.1. The van der Waals surface area contributed by atoms with Gasteiger partial charge < -0.3 is 14.0 Å². The highest BCUT2D eigenvalue weighted by Gasteiger charge is 2.16. The van der Waals surface area contributed by atoms with E-state index in [4.69, 9.17) is 4.98 Å². The largest absolute Gasteiger partial charge is 0.363 e. The van der Waals surface area contributed by atoms with E-state index < -0.39 is 0 Å². The second-order valence-corrected chi connectivity index (χ2v) is 7.26. The number of nitrogens with zero attached hydrogens (tertiary/aromatic N) is 5. The van der Waals surface area contributed by atoms with Crippen molar-refractivity contribution in [2.45, 2.75) is 13.5 Å². The highest BCUT2D eigenvalue weighted by molar-refractivity contribution is 5.82. The van der Waals surface area contributed by atoms with Crippen molar-refractivity contribution in [3.8, 4) is 11.4 Å². The lowest BCUT2D eigenvalue weighted by molar-refractivity contribution is 0.818. The van der Waals surface area contributed by atoms with Crippen molar-refractivity contribution >= 4 is 16.9 Å². The molecule has 0 aliphatic rings. The van der Waals surface area contributed by atoms with Crippen LogP contribution in [0, 0.1) is 6.92 Å². The third-order valence-corrected chi connectivity index (χ3v) is 4.88. The molecule has 0 amide bonds. The first-order valence-corrected chi connectivity index (χ1v) is 9.19. The Morgan fingerprint density at radius 3 is 2.54 bits per heavy atom. The molecule has 6 heteroatoms. The molecule has 28 heavy (non-hydrogen) atoms. The van der Waals surface area contributed by atoms with Gasteiger partial charge in [0.05, 0.1) is 11.7 Å². The molecule has 4 rings (SSSR count). The number of aryl methyl sites for hydroxylation is 2. The molecule has 0 fully saturated rings. The summed E-state index contributed by atoms with van der Waals surface area (Å²) in [6.45, 7) is 2.52. The number of pyridine rings is 2. The van der Waals surface area contributed by atoms with Gasteiger partial charge in [0.1, 0.15) is 17.2 Å². The van der Waals surface area contributed by atoms with Gasteiger partial charge in [-0.2, -0.15) is 0 Å². The standard InChI is InChI=1S/C22H23N5O/c1-15-10-17(14-26(4)22(15)28)21-24-18-12-23-20(25(2)3)11-19(18)27(21)13-16-8-6-5-7-9-16/h5-12,14H,13H2,1-4H3. The third kappa shape index (κ3) is 3.17. The third-order valence-electron chi connectivity index (χ3n) is 4.88. The molecule has 0 aliphatic heterocycles. The minimum atomic E-state index is 0.00558. The number of hydrogen-bond donors (Lipinski definition) is 0. The number of imidazole rings is 1. The van der Waals surface area contributed by atoms with Crippen molar-refractivity contribution in [3.05, 3.63) is 76.3 Å². The molecule has 0 saturated heterocycles. The lowest BCUT2D eigenvalue weighted by atomic mass is 10.2. The Morgan fingerprint density at radius 1 is 1.11 bits per heavy atom. The molecule has 0 N–H and O–H groups in total. The summed E-state index contributed by atoms with van der Waals surface area (Å²) < 4.78 is 3.80. The van der Waals surface area contributed by atoms with E-state index in [-0.39, 0.29) is 5.56 Å². The number of hydrogen-bond acceptors (Lipinski definition) is 4. The lowest BCUT2D eigenvalue weighted by Gasteiger charge is -2.13. The zero-order valence-corrected chi connectivity index (χ0v) is 16.5. The molecule has 0 aliphatic carbocycles. The van der Waals surface area contributed by atoms with Gasteiger partial charge in [0, 0.05) is 51.1 Å². The summed E-state index contributed by atoms with van der Waals surface area (Å²) in [5.74, 6) is 1.71. The van der Waals surface area contributed by atoms with E-state index in [9.17, 15) is 4.79 Å². The van der Waals surface area contributed by atoms with Crippen molar-refractivity contribution in [1.82, 2.24) is 19.1 Å². The minimum Gasteiger partial charge on any atom is -0.363 e. The van der Waals surface area contributed by atoms with E-state index in [0.29, 0.717) is 12.1 Å². The Hall–Kier alpha value is -3.41. The van der Waals surface area contributed by atoms with Gasteiger partial charge in [-0.05, 0) is 18.6 Å². The lowest BCUT2D eigenvalue weighted by Crippen LogP contribution is -2.18. The fraction of sp³-hybridized carbons (Fsp3) is 0.227. The van der Waals surface area contributed by atoms with E-state index in [0.717, 1.165) is 28.2 Å². The van der Waals surface area contributed by atoms with Crippen LogP contribution in [0.5, 0.6) is 0 Å². The Morgan fingerprint density at radius 2 is 1.86 bits per heavy atom. The predicted molar refractivity (Wildman–Crippen MR) is 113 cm³/mol. The van der Waals surface area contributed by atoms with Crippen LogP contribution in [-0.2, 0) is 13.6 Å². The van der Waals surface area contributed by atoms with Crippen molar-refractivity contribution in [1.29, 1.82) is 0 Å². The molecule has 0 radical (unpaired) electrons. The van der Waals surface area contributed by atoms with Gasteiger partial charge in [-0.3, -0.25) is 4.79 Å². The van der Waals surface area contributed by atoms with Gasteiger partial charge in [-0.1, -0.05) is 30.3 Å². The highest BCUT2D eigenvalue weighted by atomic mass is 16.1. The summed E-state index contributed by atoms with van der Waals surface area (Å²) in [7, 11) is 5.72. The number of anilines is 1. The first kappa shape index (κ1) is 18.0. The van der Waals surface area contributed by atoms with Gasteiger partial charge in [0.15, 0.2) is 0 Å². The summed E-state index contributed by atoms with van der Waals surface area (Å²) in [6.07, 6.45) is 3.66. The zero-order chi connectivity index (χ0) is 19.8. The second-order valence-electron chi connectivity index (χ2n) is 7.26. The van der Waals surface area contributed by atoms with Crippen molar-refractivity contribution < 1.29 is 0 Å². The number of fused-ring (bicyclic) bond motifs is 1. The summed E-state index contributed by atoms with van der Waals surface area (Å²) in [6, 6.07) is 14.3. The van der Waals surface area contributed by atoms with E-state index in [1.165, 1.54) is 5.56 Å². The van der Waals surface area contributed by atoms with Gasteiger partial charge in [-0.15, -0.1) is 0 Å². The molecule has 142 valence electrons. The molecular formula is C22H23N5O. The molecule has 0 atom stereocenters. The first-order valence-electron chi connectivity index (χ1n) is 9.19. The maximum Gasteiger partial charge on any atom is 0.253 e. The molecule has 4 aromatic rings. The molecule has 6 nitrogen and oxygen atoms in total. The Balaban J connectivity index is 1.97. The zero-order valence-electron chi connectivity index (χ0n) is 16.5. The van der Waals surface area contributed by atoms with E-state index >= 15 is 0 Å². The number of rotatable bonds is 4. The monoisotopic (exact) mass is 373 g/mol. The summed E-state index contributed by atoms with van der Waals surface area (Å²) in [4.78, 5) is 23.5. The molecule has 0 unspecified atom stereocenters. The van der Waals surface area contributed by atoms with Crippen LogP contribution in [0.1, 0.15) is 11.1 Å². The maximum absolute atomic E-state index is 12.1. The topological polar surface area (TPSA) is 56.0 Å². The number of aromatic nitrogens is 4. The SMILES string of the molecule is Cc1cc(-c2nc3cnc(N(C)C)cc3n2Cc2ccccc2)cn(C)c1=O. The van der Waals surface area contributed by atoms with Gasteiger partial charge in [0.2, 0.25) is 0 Å². The average molecular weight is 373 g/mol.